The maximum absolute atomic E-state index is 5.29. The molecule has 5 aromatic carbocycles. The van der Waals surface area contributed by atoms with Crippen LogP contribution < -0.4 is 0 Å². The SMILES string of the molecule is CC/C1=N\c2ccccc2Cc2ccccc2C2=C1C=C(c1ccc(-c3nnc(-c4ccccc4)n3-c3ccccc3)cc1)CC2. The molecule has 6 aromatic rings. The maximum Gasteiger partial charge on any atom is 0.168 e. The summed E-state index contributed by atoms with van der Waals surface area (Å²) in [6, 6.07) is 47.0. The number of para-hydroxylation sites is 2. The number of aromatic nitrogens is 3. The van der Waals surface area contributed by atoms with Crippen molar-refractivity contribution in [2.45, 2.75) is 32.6 Å². The van der Waals surface area contributed by atoms with Gasteiger partial charge in [0, 0.05) is 34.5 Å². The molecule has 2 aliphatic rings. The zero-order valence-electron chi connectivity index (χ0n) is 25.9. The maximum atomic E-state index is 5.29. The molecule has 1 aliphatic heterocycles. The van der Waals surface area contributed by atoms with Crippen molar-refractivity contribution in [3.63, 3.8) is 0 Å². The van der Waals surface area contributed by atoms with Gasteiger partial charge in [0.15, 0.2) is 11.6 Å². The van der Waals surface area contributed by atoms with Crippen LogP contribution in [0.4, 0.5) is 5.69 Å². The van der Waals surface area contributed by atoms with Gasteiger partial charge in [0.1, 0.15) is 0 Å². The first-order valence-corrected chi connectivity index (χ1v) is 16.1. The van der Waals surface area contributed by atoms with Crippen molar-refractivity contribution in [1.82, 2.24) is 14.8 Å². The molecule has 4 nitrogen and oxygen atoms in total. The van der Waals surface area contributed by atoms with E-state index in [-0.39, 0.29) is 0 Å². The molecule has 0 N–H and O–H groups in total. The Hall–Kier alpha value is -5.61. The fraction of sp³-hybridized carbons (Fsp3) is 0.119. The summed E-state index contributed by atoms with van der Waals surface area (Å²) in [6.07, 6.45) is 6.13. The Balaban J connectivity index is 1.21. The first-order valence-electron chi connectivity index (χ1n) is 16.1. The molecule has 8 rings (SSSR count). The predicted octanol–water partition coefficient (Wildman–Crippen LogP) is 10.3. The van der Waals surface area contributed by atoms with Crippen molar-refractivity contribution < 1.29 is 0 Å². The van der Waals surface area contributed by atoms with Crippen LogP contribution in [0.2, 0.25) is 0 Å². The van der Waals surface area contributed by atoms with E-state index in [0.29, 0.717) is 0 Å². The van der Waals surface area contributed by atoms with Gasteiger partial charge in [0.05, 0.1) is 5.69 Å². The average molecular weight is 595 g/mol. The van der Waals surface area contributed by atoms with Crippen LogP contribution in [-0.2, 0) is 6.42 Å². The summed E-state index contributed by atoms with van der Waals surface area (Å²) in [5.74, 6) is 1.65. The highest BCUT2D eigenvalue weighted by Crippen LogP contribution is 2.41. The molecule has 46 heavy (non-hydrogen) atoms. The van der Waals surface area contributed by atoms with E-state index in [1.54, 1.807) is 0 Å². The first kappa shape index (κ1) is 27.9. The van der Waals surface area contributed by atoms with E-state index >= 15 is 0 Å². The zero-order chi connectivity index (χ0) is 30.9. The highest BCUT2D eigenvalue weighted by atomic mass is 15.3. The number of hydrogen-bond acceptors (Lipinski definition) is 3. The number of hydrogen-bond donors (Lipinski definition) is 0. The van der Waals surface area contributed by atoms with Crippen LogP contribution in [0.3, 0.4) is 0 Å². The molecule has 0 saturated heterocycles. The Labute approximate surface area is 270 Å². The number of rotatable bonds is 5. The van der Waals surface area contributed by atoms with Crippen LogP contribution in [0, 0.1) is 0 Å². The Kier molecular flexibility index (Phi) is 7.31. The second-order valence-corrected chi connectivity index (χ2v) is 11.9. The van der Waals surface area contributed by atoms with E-state index in [0.717, 1.165) is 65.5 Å². The fourth-order valence-corrected chi connectivity index (χ4v) is 6.81. The van der Waals surface area contributed by atoms with Crippen molar-refractivity contribution in [3.05, 3.63) is 167 Å². The summed E-state index contributed by atoms with van der Waals surface area (Å²) in [5.41, 5.74) is 14.6. The minimum absolute atomic E-state index is 0.825. The second-order valence-electron chi connectivity index (χ2n) is 11.9. The second kappa shape index (κ2) is 12.1. The molecular formula is C42H34N4. The van der Waals surface area contributed by atoms with Gasteiger partial charge in [-0.15, -0.1) is 10.2 Å². The van der Waals surface area contributed by atoms with E-state index < -0.39 is 0 Å². The summed E-state index contributed by atoms with van der Waals surface area (Å²) in [4.78, 5) is 5.29. The van der Waals surface area contributed by atoms with Crippen LogP contribution in [0.5, 0.6) is 0 Å². The monoisotopic (exact) mass is 594 g/mol. The van der Waals surface area contributed by atoms with Crippen molar-refractivity contribution in [2.24, 2.45) is 4.99 Å². The highest BCUT2D eigenvalue weighted by molar-refractivity contribution is 6.12. The molecule has 0 atom stereocenters. The van der Waals surface area contributed by atoms with Crippen molar-refractivity contribution in [1.29, 1.82) is 0 Å². The molecule has 0 unspecified atom stereocenters. The van der Waals surface area contributed by atoms with Gasteiger partial charge < -0.3 is 0 Å². The smallest absolute Gasteiger partial charge is 0.168 e. The minimum atomic E-state index is 0.825. The van der Waals surface area contributed by atoms with E-state index in [4.69, 9.17) is 10.1 Å². The predicted molar refractivity (Wildman–Crippen MR) is 189 cm³/mol. The van der Waals surface area contributed by atoms with Gasteiger partial charge in [-0.3, -0.25) is 9.56 Å². The van der Waals surface area contributed by atoms with Crippen LogP contribution in [-0.4, -0.2) is 20.5 Å². The number of benzene rings is 5. The largest absolute Gasteiger partial charge is 0.275 e. The van der Waals surface area contributed by atoms with Crippen molar-refractivity contribution >= 4 is 22.5 Å². The molecule has 0 spiro atoms. The lowest BCUT2D eigenvalue weighted by atomic mass is 9.81. The lowest BCUT2D eigenvalue weighted by Crippen LogP contribution is -2.08. The molecule has 4 heteroatoms. The molecule has 0 bridgehead atoms. The quantitative estimate of drug-likeness (QED) is 0.199. The third-order valence-corrected chi connectivity index (χ3v) is 9.13. The van der Waals surface area contributed by atoms with Crippen molar-refractivity contribution in [2.75, 3.05) is 0 Å². The van der Waals surface area contributed by atoms with E-state index in [1.807, 2.05) is 24.3 Å². The molecule has 1 aromatic heterocycles. The lowest BCUT2D eigenvalue weighted by molar-refractivity contribution is 1.05. The standard InChI is InChI=1S/C42H34N4/c1-2-39-38-28-32(25-26-37(38)36-19-11-9-15-33(36)27-34-16-10-12-20-40(34)43-39)29-21-23-31(24-22-29)42-45-44-41(30-13-5-3-6-14-30)46(42)35-17-7-4-8-18-35/h3-24,28H,2,25-27H2,1H3/b43-39+. The molecule has 222 valence electrons. The third kappa shape index (κ3) is 5.12. The average Bonchev–Trinajstić information content (AvgIpc) is 3.59. The summed E-state index contributed by atoms with van der Waals surface area (Å²) in [5, 5.41) is 9.35. The molecule has 2 heterocycles. The van der Waals surface area contributed by atoms with Gasteiger partial charge in [-0.05, 0) is 76.9 Å². The number of aliphatic imine (C=N–C) groups is 1. The summed E-state index contributed by atoms with van der Waals surface area (Å²) < 4.78 is 2.15. The number of nitrogens with zero attached hydrogens (tertiary/aromatic N) is 4. The molecule has 0 amide bonds. The van der Waals surface area contributed by atoms with Gasteiger partial charge in [0.2, 0.25) is 0 Å². The summed E-state index contributed by atoms with van der Waals surface area (Å²) >= 11 is 0. The van der Waals surface area contributed by atoms with Crippen molar-refractivity contribution in [3.8, 4) is 28.5 Å². The van der Waals surface area contributed by atoms with E-state index in [1.165, 1.54) is 39.0 Å². The van der Waals surface area contributed by atoms with Gasteiger partial charge in [-0.25, -0.2) is 0 Å². The lowest BCUT2D eigenvalue weighted by Gasteiger charge is -2.23. The molecule has 0 saturated carbocycles. The van der Waals surface area contributed by atoms with Gasteiger partial charge in [-0.1, -0.05) is 122 Å². The summed E-state index contributed by atoms with van der Waals surface area (Å²) in [7, 11) is 0. The van der Waals surface area contributed by atoms with Crippen LogP contribution in [0.25, 0.3) is 39.6 Å². The summed E-state index contributed by atoms with van der Waals surface area (Å²) in [6.45, 7) is 2.22. The Morgan fingerprint density at radius 1 is 0.587 bits per heavy atom. The topological polar surface area (TPSA) is 43.1 Å². The van der Waals surface area contributed by atoms with E-state index in [2.05, 4.69) is 132 Å². The molecule has 0 fully saturated rings. The third-order valence-electron chi connectivity index (χ3n) is 9.13. The Morgan fingerprint density at radius 3 is 1.93 bits per heavy atom. The van der Waals surface area contributed by atoms with Gasteiger partial charge >= 0.3 is 0 Å². The molecule has 0 radical (unpaired) electrons. The number of fused-ring (bicyclic) bond motifs is 3. The fourth-order valence-electron chi connectivity index (χ4n) is 6.81. The van der Waals surface area contributed by atoms with Crippen LogP contribution in [0.15, 0.2) is 150 Å². The van der Waals surface area contributed by atoms with Gasteiger partial charge in [0.25, 0.3) is 0 Å². The zero-order valence-corrected chi connectivity index (χ0v) is 25.9. The Morgan fingerprint density at radius 2 is 1.20 bits per heavy atom. The van der Waals surface area contributed by atoms with E-state index in [9.17, 15) is 0 Å². The highest BCUT2D eigenvalue weighted by Gasteiger charge is 2.23. The van der Waals surface area contributed by atoms with Gasteiger partial charge in [-0.2, -0.15) is 0 Å². The normalized spacial score (nSPS) is 15.3. The number of allylic oxidation sites excluding steroid dienone is 4. The van der Waals surface area contributed by atoms with Crippen LogP contribution in [0.1, 0.15) is 48.4 Å². The molecular weight excluding hydrogens is 560 g/mol. The first-order chi connectivity index (χ1) is 22.8. The Bertz CT molecular complexity index is 2130. The minimum Gasteiger partial charge on any atom is -0.275 e. The van der Waals surface area contributed by atoms with Crippen LogP contribution >= 0.6 is 0 Å². The molecule has 1 aliphatic carbocycles.